The number of thiophene rings is 1. The van der Waals surface area contributed by atoms with Gasteiger partial charge in [-0.25, -0.2) is 9.97 Å². The van der Waals surface area contributed by atoms with Crippen molar-refractivity contribution in [3.8, 4) is 0 Å². The molecular formula is C16H17N3S. The fraction of sp³-hybridized carbons (Fsp3) is 0.250. The summed E-state index contributed by atoms with van der Waals surface area (Å²) in [5.41, 5.74) is 2.19. The SMILES string of the molecule is Cc1cccc2ncnc(NC(C)Cc3cccs3)c12. The Hall–Kier alpha value is -1.94. The van der Waals surface area contributed by atoms with Gasteiger partial charge < -0.3 is 5.32 Å². The number of anilines is 1. The second-order valence-electron chi connectivity index (χ2n) is 5.02. The number of nitrogens with zero attached hydrogens (tertiary/aromatic N) is 2. The van der Waals surface area contributed by atoms with E-state index in [-0.39, 0.29) is 0 Å². The van der Waals surface area contributed by atoms with Gasteiger partial charge >= 0.3 is 0 Å². The fourth-order valence-electron chi connectivity index (χ4n) is 2.41. The van der Waals surface area contributed by atoms with E-state index in [1.54, 1.807) is 17.7 Å². The largest absolute Gasteiger partial charge is 0.367 e. The minimum atomic E-state index is 0.339. The molecule has 3 nitrogen and oxygen atoms in total. The van der Waals surface area contributed by atoms with E-state index < -0.39 is 0 Å². The van der Waals surface area contributed by atoms with Crippen LogP contribution in [-0.2, 0) is 6.42 Å². The van der Waals surface area contributed by atoms with Crippen LogP contribution >= 0.6 is 11.3 Å². The van der Waals surface area contributed by atoms with E-state index in [4.69, 9.17) is 0 Å². The summed E-state index contributed by atoms with van der Waals surface area (Å²) in [6.07, 6.45) is 2.64. The van der Waals surface area contributed by atoms with Gasteiger partial charge in [0, 0.05) is 22.7 Å². The molecule has 0 aliphatic heterocycles. The Kier molecular flexibility index (Phi) is 3.65. The molecule has 1 aromatic carbocycles. The fourth-order valence-corrected chi connectivity index (χ4v) is 3.24. The van der Waals surface area contributed by atoms with Gasteiger partial charge in [0.25, 0.3) is 0 Å². The van der Waals surface area contributed by atoms with E-state index in [9.17, 15) is 0 Å². The molecular weight excluding hydrogens is 266 g/mol. The van der Waals surface area contributed by atoms with Crippen LogP contribution in [0.3, 0.4) is 0 Å². The van der Waals surface area contributed by atoms with Gasteiger partial charge in [-0.1, -0.05) is 18.2 Å². The maximum atomic E-state index is 4.42. The molecule has 20 heavy (non-hydrogen) atoms. The minimum absolute atomic E-state index is 0.339. The summed E-state index contributed by atoms with van der Waals surface area (Å²) in [7, 11) is 0. The summed E-state index contributed by atoms with van der Waals surface area (Å²) in [6.45, 7) is 4.28. The molecule has 0 saturated heterocycles. The summed E-state index contributed by atoms with van der Waals surface area (Å²) in [5.74, 6) is 0.928. The zero-order chi connectivity index (χ0) is 13.9. The summed E-state index contributed by atoms with van der Waals surface area (Å²) >= 11 is 1.80. The van der Waals surface area contributed by atoms with E-state index in [0.29, 0.717) is 6.04 Å². The summed E-state index contributed by atoms with van der Waals surface area (Å²) in [6, 6.07) is 10.8. The molecule has 0 amide bonds. The van der Waals surface area contributed by atoms with Crippen molar-refractivity contribution in [3.05, 3.63) is 52.5 Å². The lowest BCUT2D eigenvalue weighted by Crippen LogP contribution is -2.18. The highest BCUT2D eigenvalue weighted by Gasteiger charge is 2.10. The third-order valence-electron chi connectivity index (χ3n) is 3.34. The van der Waals surface area contributed by atoms with Crippen LogP contribution in [-0.4, -0.2) is 16.0 Å². The molecule has 1 atom stereocenters. The van der Waals surface area contributed by atoms with Crippen molar-refractivity contribution >= 4 is 28.1 Å². The summed E-state index contributed by atoms with van der Waals surface area (Å²) < 4.78 is 0. The molecule has 2 aromatic heterocycles. The average molecular weight is 283 g/mol. The van der Waals surface area contributed by atoms with E-state index >= 15 is 0 Å². The van der Waals surface area contributed by atoms with Gasteiger partial charge in [0.05, 0.1) is 5.52 Å². The highest BCUT2D eigenvalue weighted by molar-refractivity contribution is 7.09. The molecule has 0 aliphatic carbocycles. The van der Waals surface area contributed by atoms with Crippen molar-refractivity contribution in [2.24, 2.45) is 0 Å². The molecule has 0 saturated carbocycles. The Morgan fingerprint density at radius 1 is 1.20 bits per heavy atom. The Morgan fingerprint density at radius 3 is 2.90 bits per heavy atom. The topological polar surface area (TPSA) is 37.8 Å². The van der Waals surface area contributed by atoms with Crippen LogP contribution in [0.5, 0.6) is 0 Å². The predicted molar refractivity (Wildman–Crippen MR) is 85.4 cm³/mol. The molecule has 0 fully saturated rings. The second kappa shape index (κ2) is 5.59. The van der Waals surface area contributed by atoms with Crippen LogP contribution in [0.15, 0.2) is 42.0 Å². The van der Waals surface area contributed by atoms with Gasteiger partial charge in [-0.15, -0.1) is 11.3 Å². The first kappa shape index (κ1) is 13.1. The Labute approximate surface area is 122 Å². The molecule has 0 aliphatic rings. The molecule has 3 aromatic rings. The Balaban J connectivity index is 1.87. The van der Waals surface area contributed by atoms with Crippen LogP contribution < -0.4 is 5.32 Å². The predicted octanol–water partition coefficient (Wildman–Crippen LogP) is 4.04. The van der Waals surface area contributed by atoms with E-state index in [1.807, 2.05) is 12.1 Å². The minimum Gasteiger partial charge on any atom is -0.367 e. The zero-order valence-electron chi connectivity index (χ0n) is 11.6. The molecule has 0 radical (unpaired) electrons. The molecule has 2 heterocycles. The normalized spacial score (nSPS) is 12.5. The van der Waals surface area contributed by atoms with Crippen molar-refractivity contribution in [1.29, 1.82) is 0 Å². The Bertz CT molecular complexity index is 702. The lowest BCUT2D eigenvalue weighted by Gasteiger charge is -2.15. The van der Waals surface area contributed by atoms with E-state index in [2.05, 4.69) is 52.7 Å². The average Bonchev–Trinajstić information content (AvgIpc) is 2.92. The summed E-state index contributed by atoms with van der Waals surface area (Å²) in [5, 5.41) is 6.76. The molecule has 1 unspecified atom stereocenters. The van der Waals surface area contributed by atoms with Crippen LogP contribution in [0, 0.1) is 6.92 Å². The van der Waals surface area contributed by atoms with Crippen molar-refractivity contribution in [3.63, 3.8) is 0 Å². The van der Waals surface area contributed by atoms with Gasteiger partial charge in [-0.2, -0.15) is 0 Å². The van der Waals surface area contributed by atoms with Crippen molar-refractivity contribution in [2.75, 3.05) is 5.32 Å². The van der Waals surface area contributed by atoms with Gasteiger partial charge in [-0.05, 0) is 36.9 Å². The van der Waals surface area contributed by atoms with Gasteiger partial charge in [0.1, 0.15) is 12.1 Å². The molecule has 4 heteroatoms. The standard InChI is InChI=1S/C16H17N3S/c1-11-5-3-7-14-15(11)16(18-10-17-14)19-12(2)9-13-6-4-8-20-13/h3-8,10,12H,9H2,1-2H3,(H,17,18,19). The molecule has 1 N–H and O–H groups in total. The molecule has 3 rings (SSSR count). The number of hydrogen-bond donors (Lipinski definition) is 1. The van der Waals surface area contributed by atoms with Gasteiger partial charge in [0.15, 0.2) is 0 Å². The molecule has 0 bridgehead atoms. The third kappa shape index (κ3) is 2.65. The number of rotatable bonds is 4. The maximum absolute atomic E-state index is 4.42. The van der Waals surface area contributed by atoms with Gasteiger partial charge in [0.2, 0.25) is 0 Å². The number of fused-ring (bicyclic) bond motifs is 1. The van der Waals surface area contributed by atoms with E-state index in [0.717, 1.165) is 23.1 Å². The summed E-state index contributed by atoms with van der Waals surface area (Å²) in [4.78, 5) is 10.1. The second-order valence-corrected chi connectivity index (χ2v) is 6.05. The number of hydrogen-bond acceptors (Lipinski definition) is 4. The quantitative estimate of drug-likeness (QED) is 0.785. The highest BCUT2D eigenvalue weighted by Crippen LogP contribution is 2.24. The monoisotopic (exact) mass is 283 g/mol. The lowest BCUT2D eigenvalue weighted by atomic mass is 10.1. The first-order chi connectivity index (χ1) is 9.74. The smallest absolute Gasteiger partial charge is 0.137 e. The number of nitrogens with one attached hydrogen (secondary N) is 1. The van der Waals surface area contributed by atoms with Crippen LogP contribution in [0.25, 0.3) is 10.9 Å². The van der Waals surface area contributed by atoms with Crippen LogP contribution in [0.4, 0.5) is 5.82 Å². The third-order valence-corrected chi connectivity index (χ3v) is 4.24. The maximum Gasteiger partial charge on any atom is 0.137 e. The Morgan fingerprint density at radius 2 is 2.10 bits per heavy atom. The zero-order valence-corrected chi connectivity index (χ0v) is 12.4. The van der Waals surface area contributed by atoms with Crippen LogP contribution in [0.2, 0.25) is 0 Å². The van der Waals surface area contributed by atoms with Crippen molar-refractivity contribution in [2.45, 2.75) is 26.3 Å². The van der Waals surface area contributed by atoms with Crippen LogP contribution in [0.1, 0.15) is 17.4 Å². The van der Waals surface area contributed by atoms with E-state index in [1.165, 1.54) is 10.4 Å². The highest BCUT2D eigenvalue weighted by atomic mass is 32.1. The van der Waals surface area contributed by atoms with Gasteiger partial charge in [-0.3, -0.25) is 0 Å². The molecule has 102 valence electrons. The first-order valence-corrected chi connectivity index (χ1v) is 7.61. The van der Waals surface area contributed by atoms with Crippen molar-refractivity contribution in [1.82, 2.24) is 9.97 Å². The molecule has 0 spiro atoms. The first-order valence-electron chi connectivity index (χ1n) is 6.73. The number of aryl methyl sites for hydroxylation is 1. The number of aromatic nitrogens is 2. The lowest BCUT2D eigenvalue weighted by molar-refractivity contribution is 0.795. The van der Waals surface area contributed by atoms with Crippen molar-refractivity contribution < 1.29 is 0 Å². The number of benzene rings is 1.